The van der Waals surface area contributed by atoms with Crippen molar-refractivity contribution in [1.82, 2.24) is 0 Å². The molecule has 1 rings (SSSR count). The molecule has 0 heterocycles. The molecule has 0 spiro atoms. The predicted molar refractivity (Wildman–Crippen MR) is 60.3 cm³/mol. The van der Waals surface area contributed by atoms with Crippen molar-refractivity contribution in [3.8, 4) is 0 Å². The molecule has 3 nitrogen and oxygen atoms in total. The van der Waals surface area contributed by atoms with Crippen LogP contribution in [0.3, 0.4) is 0 Å². The first-order valence-electron chi connectivity index (χ1n) is 4.32. The maximum atomic E-state index is 10.4. The second kappa shape index (κ2) is 5.44. The van der Waals surface area contributed by atoms with Gasteiger partial charge in [0.1, 0.15) is 0 Å². The van der Waals surface area contributed by atoms with Gasteiger partial charge in [-0.3, -0.25) is 4.55 Å². The van der Waals surface area contributed by atoms with Gasteiger partial charge in [0.05, 0.1) is 5.75 Å². The second-order valence-electron chi connectivity index (χ2n) is 2.93. The Kier molecular flexibility index (Phi) is 4.52. The molecule has 78 valence electrons. The van der Waals surface area contributed by atoms with E-state index in [2.05, 4.69) is 0 Å². The average molecular weight is 232 g/mol. The summed E-state index contributed by atoms with van der Waals surface area (Å²) in [5, 5.41) is 1.22. The molecule has 0 saturated heterocycles. The van der Waals surface area contributed by atoms with E-state index in [1.165, 1.54) is 5.30 Å². The van der Waals surface area contributed by atoms with Crippen molar-refractivity contribution in [2.75, 3.05) is 11.9 Å². The van der Waals surface area contributed by atoms with E-state index in [-0.39, 0.29) is 5.75 Å². The Morgan fingerprint density at radius 1 is 1.21 bits per heavy atom. The lowest BCUT2D eigenvalue weighted by Crippen LogP contribution is -2.05. The van der Waals surface area contributed by atoms with Crippen LogP contribution in [0.4, 0.5) is 0 Å². The lowest BCUT2D eigenvalue weighted by molar-refractivity contribution is 0.482. The van der Waals surface area contributed by atoms with Crippen LogP contribution < -0.4 is 5.30 Å². The van der Waals surface area contributed by atoms with Crippen molar-refractivity contribution in [2.45, 2.75) is 6.42 Å². The highest BCUT2D eigenvalue weighted by Crippen LogP contribution is 2.11. The maximum Gasteiger partial charge on any atom is 0.264 e. The van der Waals surface area contributed by atoms with Gasteiger partial charge in [0.2, 0.25) is 0 Å². The zero-order chi connectivity index (χ0) is 10.4. The van der Waals surface area contributed by atoms with E-state index in [9.17, 15) is 8.42 Å². The molecule has 14 heavy (non-hydrogen) atoms. The summed E-state index contributed by atoms with van der Waals surface area (Å²) in [6.45, 7) is 0. The van der Waals surface area contributed by atoms with Gasteiger partial charge in [-0.15, -0.1) is 0 Å². The van der Waals surface area contributed by atoms with Crippen LogP contribution in [0.1, 0.15) is 6.42 Å². The third kappa shape index (κ3) is 5.32. The zero-order valence-corrected chi connectivity index (χ0v) is 9.50. The van der Waals surface area contributed by atoms with Gasteiger partial charge in [0.15, 0.2) is 0 Å². The van der Waals surface area contributed by atoms with E-state index < -0.39 is 10.1 Å². The summed E-state index contributed by atoms with van der Waals surface area (Å²) in [5.41, 5.74) is 0. The van der Waals surface area contributed by atoms with Gasteiger partial charge in [-0.05, 0) is 17.9 Å². The fraction of sp³-hybridized carbons (Fsp3) is 0.333. The summed E-state index contributed by atoms with van der Waals surface area (Å²) in [7, 11) is -3.16. The molecule has 0 fully saturated rings. The minimum atomic E-state index is -3.77. The predicted octanol–water partition coefficient (Wildman–Crippen LogP) is 1.27. The Morgan fingerprint density at radius 3 is 2.43 bits per heavy atom. The molecule has 0 aliphatic carbocycles. The van der Waals surface area contributed by atoms with E-state index in [1.807, 2.05) is 30.3 Å². The summed E-state index contributed by atoms with van der Waals surface area (Å²) in [4.78, 5) is 0. The highest BCUT2D eigenvalue weighted by atomic mass is 32.2. The molecule has 1 aromatic rings. The third-order valence-corrected chi connectivity index (χ3v) is 3.83. The van der Waals surface area contributed by atoms with E-state index in [4.69, 9.17) is 4.55 Å². The quantitative estimate of drug-likeness (QED) is 0.472. The molecule has 0 amide bonds. The lowest BCUT2D eigenvalue weighted by atomic mass is 10.4. The van der Waals surface area contributed by atoms with Gasteiger partial charge in [0, 0.05) is 0 Å². The molecule has 0 bridgehead atoms. The summed E-state index contributed by atoms with van der Waals surface area (Å²) < 4.78 is 29.3. The average Bonchev–Trinajstić information content (AvgIpc) is 2.13. The van der Waals surface area contributed by atoms with E-state index >= 15 is 0 Å². The summed E-state index contributed by atoms with van der Waals surface area (Å²) in [6, 6.07) is 9.92. The zero-order valence-electron chi connectivity index (χ0n) is 7.68. The molecular weight excluding hydrogens is 219 g/mol. The third-order valence-electron chi connectivity index (χ3n) is 1.68. The Bertz CT molecular complexity index is 361. The molecule has 0 aliphatic rings. The summed E-state index contributed by atoms with van der Waals surface area (Å²) in [5.74, 6) is -0.132. The van der Waals surface area contributed by atoms with Crippen molar-refractivity contribution in [2.24, 2.45) is 0 Å². The van der Waals surface area contributed by atoms with Crippen LogP contribution in [-0.4, -0.2) is 24.9 Å². The second-order valence-corrected chi connectivity index (χ2v) is 5.94. The van der Waals surface area contributed by atoms with Gasteiger partial charge in [-0.1, -0.05) is 38.9 Å². The normalized spacial score (nSPS) is 12.4. The van der Waals surface area contributed by atoms with Crippen molar-refractivity contribution in [3.05, 3.63) is 30.3 Å². The summed E-state index contributed by atoms with van der Waals surface area (Å²) >= 11 is 0. The molecule has 0 aliphatic heterocycles. The molecule has 5 heteroatoms. The Balaban J connectivity index is 2.23. The summed E-state index contributed by atoms with van der Waals surface area (Å²) in [6.07, 6.45) is 1.33. The minimum absolute atomic E-state index is 0.132. The molecule has 1 N–H and O–H groups in total. The van der Waals surface area contributed by atoms with E-state index in [1.54, 1.807) is 0 Å². The van der Waals surface area contributed by atoms with Crippen LogP contribution in [0, 0.1) is 0 Å². The van der Waals surface area contributed by atoms with Crippen molar-refractivity contribution < 1.29 is 13.0 Å². The number of hydrogen-bond acceptors (Lipinski definition) is 2. The van der Waals surface area contributed by atoms with Crippen LogP contribution in [0.15, 0.2) is 30.3 Å². The highest BCUT2D eigenvalue weighted by molar-refractivity contribution is 7.85. The highest BCUT2D eigenvalue weighted by Gasteiger charge is 2.02. The fourth-order valence-corrected chi connectivity index (χ4v) is 2.88. The lowest BCUT2D eigenvalue weighted by Gasteiger charge is -2.00. The van der Waals surface area contributed by atoms with Crippen LogP contribution >= 0.6 is 8.58 Å². The minimum Gasteiger partial charge on any atom is -0.286 e. The van der Waals surface area contributed by atoms with Crippen molar-refractivity contribution in [1.29, 1.82) is 0 Å². The number of benzene rings is 1. The number of hydrogen-bond donors (Lipinski definition) is 1. The Labute approximate surface area is 86.1 Å². The number of rotatable bonds is 5. The van der Waals surface area contributed by atoms with Crippen molar-refractivity contribution in [3.63, 3.8) is 0 Å². The Morgan fingerprint density at radius 2 is 1.86 bits per heavy atom. The SMILES string of the molecule is O=S(=O)(O)CCCPc1ccccc1. The Hall–Kier alpha value is -0.440. The molecule has 1 atom stereocenters. The molecule has 1 aromatic carbocycles. The largest absolute Gasteiger partial charge is 0.286 e. The van der Waals surface area contributed by atoms with Gasteiger partial charge < -0.3 is 0 Å². The van der Waals surface area contributed by atoms with Gasteiger partial charge in [0.25, 0.3) is 10.1 Å². The van der Waals surface area contributed by atoms with Crippen LogP contribution in [0.2, 0.25) is 0 Å². The molecule has 0 aromatic heterocycles. The monoisotopic (exact) mass is 232 g/mol. The molecule has 0 radical (unpaired) electrons. The standard InChI is InChI=1S/C9H13O3PS/c10-14(11,12)8-4-7-13-9-5-2-1-3-6-9/h1-3,5-6,13H,4,7-8H2,(H,10,11,12). The van der Waals surface area contributed by atoms with Crippen molar-refractivity contribution >= 4 is 24.0 Å². The van der Waals surface area contributed by atoms with Gasteiger partial charge in [-0.25, -0.2) is 0 Å². The van der Waals surface area contributed by atoms with Gasteiger partial charge in [-0.2, -0.15) is 8.42 Å². The fourth-order valence-electron chi connectivity index (χ4n) is 1.04. The topological polar surface area (TPSA) is 54.4 Å². The molecular formula is C9H13O3PS. The maximum absolute atomic E-state index is 10.4. The molecule has 1 unspecified atom stereocenters. The van der Waals surface area contributed by atoms with E-state index in [0.29, 0.717) is 15.0 Å². The first-order valence-corrected chi connectivity index (χ1v) is 7.14. The first-order chi connectivity index (χ1) is 6.58. The van der Waals surface area contributed by atoms with E-state index in [0.717, 1.165) is 6.16 Å². The van der Waals surface area contributed by atoms with Crippen LogP contribution in [0.25, 0.3) is 0 Å². The smallest absolute Gasteiger partial charge is 0.264 e. The van der Waals surface area contributed by atoms with Gasteiger partial charge >= 0.3 is 0 Å². The van der Waals surface area contributed by atoms with Crippen LogP contribution in [-0.2, 0) is 10.1 Å². The van der Waals surface area contributed by atoms with Crippen LogP contribution in [0.5, 0.6) is 0 Å². The first kappa shape index (κ1) is 11.6. The molecule has 0 saturated carbocycles.